The summed E-state index contributed by atoms with van der Waals surface area (Å²) < 4.78 is 0. The van der Waals surface area contributed by atoms with E-state index >= 15 is 0 Å². The number of anilines is 2. The highest BCUT2D eigenvalue weighted by Crippen LogP contribution is 2.27. The Hall–Kier alpha value is -1.89. The average molecular weight is 265 g/mol. The molecule has 2 heterocycles. The smallest absolute Gasteiger partial charge is 0.311 e. The van der Waals surface area contributed by atoms with Crippen molar-refractivity contribution in [1.29, 1.82) is 0 Å². The van der Waals surface area contributed by atoms with Gasteiger partial charge in [-0.3, -0.25) is 10.1 Å². The van der Waals surface area contributed by atoms with Crippen molar-refractivity contribution < 1.29 is 4.92 Å². The molecule has 104 valence electrons. The first-order chi connectivity index (χ1) is 8.99. The van der Waals surface area contributed by atoms with Gasteiger partial charge in [-0.2, -0.15) is 0 Å². The number of nitrogen functional groups attached to an aromatic ring is 1. The molecule has 7 nitrogen and oxygen atoms in total. The third kappa shape index (κ3) is 2.93. The largest absolute Gasteiger partial charge is 0.378 e. The van der Waals surface area contributed by atoms with Crippen LogP contribution in [0.2, 0.25) is 0 Å². The Morgan fingerprint density at radius 2 is 2.32 bits per heavy atom. The summed E-state index contributed by atoms with van der Waals surface area (Å²) in [4.78, 5) is 16.4. The van der Waals surface area contributed by atoms with Crippen molar-refractivity contribution in [3.63, 3.8) is 0 Å². The fraction of sp³-hybridized carbons (Fsp3) is 0.583. The molecule has 2 rings (SSSR count). The number of rotatable bonds is 3. The van der Waals surface area contributed by atoms with Gasteiger partial charge in [0, 0.05) is 25.2 Å². The molecule has 2 unspecified atom stereocenters. The van der Waals surface area contributed by atoms with Gasteiger partial charge in [0.2, 0.25) is 5.82 Å². The first-order valence-electron chi connectivity index (χ1n) is 6.40. The molecule has 19 heavy (non-hydrogen) atoms. The Kier molecular flexibility index (Phi) is 3.84. The van der Waals surface area contributed by atoms with E-state index in [4.69, 9.17) is 11.5 Å². The minimum atomic E-state index is -0.521. The van der Waals surface area contributed by atoms with Crippen LogP contribution in [0.3, 0.4) is 0 Å². The maximum Gasteiger partial charge on any atom is 0.311 e. The van der Waals surface area contributed by atoms with Crippen LogP contribution in [0, 0.1) is 16.0 Å². The quantitative estimate of drug-likeness (QED) is 0.626. The molecule has 1 aromatic heterocycles. The molecule has 2 atom stereocenters. The van der Waals surface area contributed by atoms with Gasteiger partial charge in [0.25, 0.3) is 0 Å². The van der Waals surface area contributed by atoms with Crippen LogP contribution in [-0.4, -0.2) is 29.0 Å². The second-order valence-electron chi connectivity index (χ2n) is 5.04. The van der Waals surface area contributed by atoms with Crippen molar-refractivity contribution in [1.82, 2.24) is 4.98 Å². The minimum Gasteiger partial charge on any atom is -0.378 e. The Morgan fingerprint density at radius 1 is 1.58 bits per heavy atom. The lowest BCUT2D eigenvalue weighted by Crippen LogP contribution is -2.42. The van der Waals surface area contributed by atoms with Crippen molar-refractivity contribution in [2.75, 3.05) is 23.7 Å². The van der Waals surface area contributed by atoms with E-state index in [0.717, 1.165) is 25.9 Å². The lowest BCUT2D eigenvalue weighted by atomic mass is 9.92. The molecule has 0 amide bonds. The summed E-state index contributed by atoms with van der Waals surface area (Å²) in [5, 5.41) is 10.7. The third-order valence-corrected chi connectivity index (χ3v) is 3.61. The number of hydrogen-bond donors (Lipinski definition) is 2. The van der Waals surface area contributed by atoms with Crippen molar-refractivity contribution in [3.8, 4) is 0 Å². The zero-order chi connectivity index (χ0) is 14.0. The molecule has 1 saturated heterocycles. The van der Waals surface area contributed by atoms with Crippen LogP contribution in [0.4, 0.5) is 17.3 Å². The monoisotopic (exact) mass is 265 g/mol. The first-order valence-corrected chi connectivity index (χ1v) is 6.40. The normalized spacial score (nSPS) is 21.2. The Balaban J connectivity index is 2.18. The van der Waals surface area contributed by atoms with E-state index in [-0.39, 0.29) is 17.5 Å². The summed E-state index contributed by atoms with van der Waals surface area (Å²) in [6.07, 6.45) is 2.15. The molecule has 4 N–H and O–H groups in total. The van der Waals surface area contributed by atoms with Crippen molar-refractivity contribution in [2.24, 2.45) is 11.7 Å². The predicted octanol–water partition coefficient (Wildman–Crippen LogP) is 1.14. The second kappa shape index (κ2) is 5.40. The fourth-order valence-electron chi connectivity index (χ4n) is 2.43. The van der Waals surface area contributed by atoms with Crippen molar-refractivity contribution in [3.05, 3.63) is 22.2 Å². The topological polar surface area (TPSA) is 111 Å². The van der Waals surface area contributed by atoms with Gasteiger partial charge in [-0.1, -0.05) is 0 Å². The number of hydrogen-bond acceptors (Lipinski definition) is 6. The molecule has 1 aliphatic heterocycles. The molecule has 0 spiro atoms. The number of nitro groups is 1. The summed E-state index contributed by atoms with van der Waals surface area (Å²) in [5.41, 5.74) is 11.4. The minimum absolute atomic E-state index is 0.0366. The van der Waals surface area contributed by atoms with Crippen LogP contribution >= 0.6 is 0 Å². The van der Waals surface area contributed by atoms with E-state index in [0.29, 0.717) is 11.7 Å². The molecule has 0 saturated carbocycles. The van der Waals surface area contributed by atoms with Crippen LogP contribution < -0.4 is 16.4 Å². The van der Waals surface area contributed by atoms with Gasteiger partial charge in [-0.25, -0.2) is 4.98 Å². The third-order valence-electron chi connectivity index (χ3n) is 3.61. The van der Waals surface area contributed by atoms with E-state index in [9.17, 15) is 10.1 Å². The highest BCUT2D eigenvalue weighted by atomic mass is 16.6. The van der Waals surface area contributed by atoms with Gasteiger partial charge in [0.15, 0.2) is 0 Å². The summed E-state index contributed by atoms with van der Waals surface area (Å²) in [7, 11) is 0. The predicted molar refractivity (Wildman–Crippen MR) is 73.9 cm³/mol. The molecule has 1 aromatic rings. The SMILES string of the molecule is CC(N)C1CCCN(c2ccc([N+](=O)[O-])c(N)n2)C1. The van der Waals surface area contributed by atoms with E-state index in [1.54, 1.807) is 6.07 Å². The van der Waals surface area contributed by atoms with E-state index in [1.165, 1.54) is 6.07 Å². The van der Waals surface area contributed by atoms with Crippen LogP contribution in [0.1, 0.15) is 19.8 Å². The van der Waals surface area contributed by atoms with E-state index in [2.05, 4.69) is 9.88 Å². The van der Waals surface area contributed by atoms with Gasteiger partial charge in [-0.15, -0.1) is 0 Å². The molecule has 0 aliphatic carbocycles. The molecule has 0 bridgehead atoms. The number of pyridine rings is 1. The van der Waals surface area contributed by atoms with Gasteiger partial charge >= 0.3 is 5.69 Å². The summed E-state index contributed by atoms with van der Waals surface area (Å²) in [5.74, 6) is 1.07. The van der Waals surface area contributed by atoms with Crippen LogP contribution in [0.5, 0.6) is 0 Å². The first kappa shape index (κ1) is 13.5. The van der Waals surface area contributed by atoms with Gasteiger partial charge in [-0.05, 0) is 31.7 Å². The van der Waals surface area contributed by atoms with E-state index in [1.807, 2.05) is 6.92 Å². The maximum atomic E-state index is 10.7. The number of nitrogens with zero attached hydrogens (tertiary/aromatic N) is 3. The highest BCUT2D eigenvalue weighted by molar-refractivity contribution is 5.58. The molecule has 7 heteroatoms. The molecular formula is C12H19N5O2. The van der Waals surface area contributed by atoms with Crippen molar-refractivity contribution >= 4 is 17.3 Å². The molecular weight excluding hydrogens is 246 g/mol. The second-order valence-corrected chi connectivity index (χ2v) is 5.04. The van der Waals surface area contributed by atoms with Crippen LogP contribution in [0.25, 0.3) is 0 Å². The Morgan fingerprint density at radius 3 is 2.89 bits per heavy atom. The van der Waals surface area contributed by atoms with Crippen molar-refractivity contribution in [2.45, 2.75) is 25.8 Å². The molecule has 1 fully saturated rings. The molecule has 0 radical (unpaired) electrons. The number of nitrogens with two attached hydrogens (primary N) is 2. The lowest BCUT2D eigenvalue weighted by Gasteiger charge is -2.35. The van der Waals surface area contributed by atoms with E-state index < -0.39 is 4.92 Å². The zero-order valence-electron chi connectivity index (χ0n) is 11.0. The highest BCUT2D eigenvalue weighted by Gasteiger charge is 2.24. The summed E-state index contributed by atoms with van der Waals surface area (Å²) >= 11 is 0. The average Bonchev–Trinajstić information content (AvgIpc) is 2.38. The van der Waals surface area contributed by atoms with Gasteiger partial charge in [0.1, 0.15) is 5.82 Å². The van der Waals surface area contributed by atoms with Crippen LogP contribution in [0.15, 0.2) is 12.1 Å². The van der Waals surface area contributed by atoms with Crippen LogP contribution in [-0.2, 0) is 0 Å². The molecule has 0 aromatic carbocycles. The zero-order valence-corrected chi connectivity index (χ0v) is 11.0. The summed E-state index contributed by atoms with van der Waals surface area (Å²) in [6.45, 7) is 3.71. The van der Waals surface area contributed by atoms with Gasteiger partial charge < -0.3 is 16.4 Å². The fourth-order valence-corrected chi connectivity index (χ4v) is 2.43. The Labute approximate surface area is 111 Å². The Bertz CT molecular complexity index is 477. The lowest BCUT2D eigenvalue weighted by molar-refractivity contribution is -0.384. The standard InChI is InChI=1S/C12H19N5O2/c1-8(13)9-3-2-6-16(7-9)11-5-4-10(17(18)19)12(14)15-11/h4-5,8-9H,2-3,6-7,13H2,1H3,(H2,14,15). The number of piperidine rings is 1. The molecule has 1 aliphatic rings. The van der Waals surface area contributed by atoms with Gasteiger partial charge in [0.05, 0.1) is 4.92 Å². The number of aromatic nitrogens is 1. The summed E-state index contributed by atoms with van der Waals surface area (Å²) in [6, 6.07) is 3.20. The maximum absolute atomic E-state index is 10.7.